The van der Waals surface area contributed by atoms with Gasteiger partial charge in [-0.25, -0.2) is 0 Å². The summed E-state index contributed by atoms with van der Waals surface area (Å²) in [4.78, 5) is 10.5. The van der Waals surface area contributed by atoms with Crippen molar-refractivity contribution < 1.29 is 25.2 Å². The Morgan fingerprint density at radius 2 is 1.85 bits per heavy atom. The third-order valence-electron chi connectivity index (χ3n) is 5.92. The lowest BCUT2D eigenvalue weighted by molar-refractivity contribution is -0.137. The normalized spacial score (nSPS) is 30.7. The van der Waals surface area contributed by atoms with Crippen LogP contribution in [0.1, 0.15) is 91.4 Å². The highest BCUT2D eigenvalue weighted by Crippen LogP contribution is 2.44. The molecular weight excluding hydrogens is 344 g/mol. The fraction of sp³-hybridized carbons (Fsp3) is 0.864. The first-order chi connectivity index (χ1) is 12.6. The highest BCUT2D eigenvalue weighted by atomic mass is 16.4. The molecule has 1 aliphatic carbocycles. The van der Waals surface area contributed by atoms with Crippen LogP contribution in [0, 0.1) is 11.8 Å². The standard InChI is InChI=1S/C22H40O5/c1-4-5-10-14-21(2,26)15-13-18-17(19(23)16-22(18,3)27)11-8-6-7-9-12-20(24)25/h13,15,17-19,23,26-27H,4-12,14,16H2,1-3H3,(H,24,25)/t17-,18-,19+,21?,22-/m1/s1. The zero-order valence-corrected chi connectivity index (χ0v) is 17.4. The zero-order valence-electron chi connectivity index (χ0n) is 17.4. The first-order valence-electron chi connectivity index (χ1n) is 10.6. The van der Waals surface area contributed by atoms with Crippen LogP contribution in [0.3, 0.4) is 0 Å². The monoisotopic (exact) mass is 384 g/mol. The van der Waals surface area contributed by atoms with Crippen molar-refractivity contribution in [2.75, 3.05) is 0 Å². The van der Waals surface area contributed by atoms with Gasteiger partial charge in [0.2, 0.25) is 0 Å². The predicted octanol–water partition coefficient (Wildman–Crippen LogP) is 4.05. The molecule has 5 nitrogen and oxygen atoms in total. The third kappa shape index (κ3) is 8.75. The van der Waals surface area contributed by atoms with Crippen molar-refractivity contribution in [3.05, 3.63) is 12.2 Å². The number of unbranched alkanes of at least 4 members (excludes halogenated alkanes) is 5. The molecule has 0 heterocycles. The van der Waals surface area contributed by atoms with E-state index in [1.54, 1.807) is 19.9 Å². The van der Waals surface area contributed by atoms with Crippen LogP contribution in [0.4, 0.5) is 0 Å². The van der Waals surface area contributed by atoms with Gasteiger partial charge in [-0.05, 0) is 39.0 Å². The fourth-order valence-electron chi connectivity index (χ4n) is 4.27. The molecule has 0 saturated heterocycles. The van der Waals surface area contributed by atoms with Crippen molar-refractivity contribution in [3.63, 3.8) is 0 Å². The van der Waals surface area contributed by atoms with Crippen molar-refractivity contribution in [1.82, 2.24) is 0 Å². The largest absolute Gasteiger partial charge is 0.481 e. The van der Waals surface area contributed by atoms with E-state index in [2.05, 4.69) is 6.92 Å². The summed E-state index contributed by atoms with van der Waals surface area (Å²) >= 11 is 0. The van der Waals surface area contributed by atoms with Crippen molar-refractivity contribution in [2.24, 2.45) is 11.8 Å². The lowest BCUT2D eigenvalue weighted by Crippen LogP contribution is -2.31. The summed E-state index contributed by atoms with van der Waals surface area (Å²) in [5, 5.41) is 40.4. The van der Waals surface area contributed by atoms with Gasteiger partial charge in [0.25, 0.3) is 0 Å². The number of rotatable bonds is 13. The Bertz CT molecular complexity index is 469. The number of aliphatic hydroxyl groups is 3. The average molecular weight is 385 g/mol. The predicted molar refractivity (Wildman–Crippen MR) is 107 cm³/mol. The Morgan fingerprint density at radius 1 is 1.19 bits per heavy atom. The van der Waals surface area contributed by atoms with Crippen molar-refractivity contribution in [2.45, 2.75) is 109 Å². The summed E-state index contributed by atoms with van der Waals surface area (Å²) in [6.45, 7) is 5.70. The highest BCUT2D eigenvalue weighted by molar-refractivity contribution is 5.66. The summed E-state index contributed by atoms with van der Waals surface area (Å²) in [6.07, 6.45) is 11.8. The van der Waals surface area contributed by atoms with Crippen LogP contribution in [0.5, 0.6) is 0 Å². The molecular formula is C22H40O5. The summed E-state index contributed by atoms with van der Waals surface area (Å²) in [6, 6.07) is 0. The summed E-state index contributed by atoms with van der Waals surface area (Å²) in [5.41, 5.74) is -1.86. The van der Waals surface area contributed by atoms with Crippen LogP contribution in [0.15, 0.2) is 12.2 Å². The molecule has 27 heavy (non-hydrogen) atoms. The molecule has 1 saturated carbocycles. The summed E-state index contributed by atoms with van der Waals surface area (Å²) in [7, 11) is 0. The molecule has 0 aliphatic heterocycles. The van der Waals surface area contributed by atoms with Gasteiger partial charge < -0.3 is 20.4 Å². The number of aliphatic hydroxyl groups excluding tert-OH is 1. The van der Waals surface area contributed by atoms with E-state index in [4.69, 9.17) is 5.11 Å². The maximum absolute atomic E-state index is 10.7. The van der Waals surface area contributed by atoms with Gasteiger partial charge in [0.15, 0.2) is 0 Å². The van der Waals surface area contributed by atoms with Crippen molar-refractivity contribution >= 4 is 5.97 Å². The van der Waals surface area contributed by atoms with Crippen molar-refractivity contribution in [3.8, 4) is 0 Å². The van der Waals surface area contributed by atoms with Crippen LogP contribution < -0.4 is 0 Å². The highest BCUT2D eigenvalue weighted by Gasteiger charge is 2.47. The van der Waals surface area contributed by atoms with Gasteiger partial charge in [0, 0.05) is 18.8 Å². The Morgan fingerprint density at radius 3 is 2.48 bits per heavy atom. The van der Waals surface area contributed by atoms with Crippen LogP contribution in [-0.4, -0.2) is 43.7 Å². The first-order valence-corrected chi connectivity index (χ1v) is 10.6. The second kappa shape index (κ2) is 11.2. The first kappa shape index (κ1) is 24.1. The minimum Gasteiger partial charge on any atom is -0.481 e. The van der Waals surface area contributed by atoms with Gasteiger partial charge >= 0.3 is 5.97 Å². The van der Waals surface area contributed by atoms with Crippen LogP contribution in [0.2, 0.25) is 0 Å². The fourth-order valence-corrected chi connectivity index (χ4v) is 4.27. The van der Waals surface area contributed by atoms with E-state index in [1.807, 2.05) is 6.08 Å². The van der Waals surface area contributed by atoms with E-state index in [0.717, 1.165) is 44.9 Å². The molecule has 0 bridgehead atoms. The molecule has 4 N–H and O–H groups in total. The molecule has 5 heteroatoms. The van der Waals surface area contributed by atoms with Gasteiger partial charge in [0.1, 0.15) is 0 Å². The molecule has 1 aliphatic rings. The number of carboxylic acid groups (broad SMARTS) is 1. The van der Waals surface area contributed by atoms with Crippen LogP contribution in [0.25, 0.3) is 0 Å². The second-order valence-electron chi connectivity index (χ2n) is 8.84. The van der Waals surface area contributed by atoms with Gasteiger partial charge in [-0.1, -0.05) is 57.6 Å². The molecule has 0 aromatic carbocycles. The maximum atomic E-state index is 10.7. The maximum Gasteiger partial charge on any atom is 0.303 e. The third-order valence-corrected chi connectivity index (χ3v) is 5.92. The van der Waals surface area contributed by atoms with E-state index in [-0.39, 0.29) is 18.3 Å². The average Bonchev–Trinajstić information content (AvgIpc) is 2.76. The molecule has 0 spiro atoms. The Hall–Kier alpha value is -0.910. The molecule has 0 aromatic heterocycles. The number of carbonyl (C=O) groups is 1. The smallest absolute Gasteiger partial charge is 0.303 e. The van der Waals surface area contributed by atoms with Crippen molar-refractivity contribution in [1.29, 1.82) is 0 Å². The van der Waals surface area contributed by atoms with Gasteiger partial charge in [-0.2, -0.15) is 0 Å². The minimum atomic E-state index is -0.969. The number of aliphatic carboxylic acids is 1. The molecule has 5 atom stereocenters. The molecule has 1 rings (SSSR count). The van der Waals surface area contributed by atoms with Gasteiger partial charge in [0.05, 0.1) is 17.3 Å². The molecule has 0 amide bonds. The van der Waals surface area contributed by atoms with E-state index >= 15 is 0 Å². The van der Waals surface area contributed by atoms with E-state index in [1.165, 1.54) is 0 Å². The lowest BCUT2D eigenvalue weighted by atomic mass is 9.82. The molecule has 1 unspecified atom stereocenters. The number of hydrogen-bond acceptors (Lipinski definition) is 4. The summed E-state index contributed by atoms with van der Waals surface area (Å²) in [5.74, 6) is -0.959. The lowest BCUT2D eigenvalue weighted by Gasteiger charge is -2.28. The number of carboxylic acids is 1. The Labute approximate surface area is 164 Å². The minimum absolute atomic E-state index is 0.0258. The van der Waals surface area contributed by atoms with E-state index < -0.39 is 23.3 Å². The number of hydrogen-bond donors (Lipinski definition) is 4. The van der Waals surface area contributed by atoms with E-state index in [9.17, 15) is 20.1 Å². The van der Waals surface area contributed by atoms with Crippen LogP contribution in [-0.2, 0) is 4.79 Å². The van der Waals surface area contributed by atoms with Gasteiger partial charge in [-0.3, -0.25) is 4.79 Å². The Kier molecular flexibility index (Phi) is 9.99. The van der Waals surface area contributed by atoms with Crippen LogP contribution >= 0.6 is 0 Å². The topological polar surface area (TPSA) is 98.0 Å². The van der Waals surface area contributed by atoms with E-state index in [0.29, 0.717) is 19.3 Å². The molecule has 1 fully saturated rings. The molecule has 158 valence electrons. The molecule has 0 radical (unpaired) electrons. The Balaban J connectivity index is 2.59. The van der Waals surface area contributed by atoms with Gasteiger partial charge in [-0.15, -0.1) is 0 Å². The second-order valence-corrected chi connectivity index (χ2v) is 8.84. The SMILES string of the molecule is CCCCCC(C)(O)C=C[C@@H]1[C@@H](CCCCCCC(=O)O)[C@@H](O)C[C@@]1(C)O. The quantitative estimate of drug-likeness (QED) is 0.284. The summed E-state index contributed by atoms with van der Waals surface area (Å²) < 4.78 is 0. The molecule has 0 aromatic rings. The zero-order chi connectivity index (χ0) is 20.5.